The van der Waals surface area contributed by atoms with Crippen LogP contribution in [0.4, 0.5) is 11.6 Å². The van der Waals surface area contributed by atoms with Crippen molar-refractivity contribution in [3.05, 3.63) is 71.0 Å². The number of hydrogen-bond acceptors (Lipinski definition) is 7. The molecule has 1 aliphatic carbocycles. The summed E-state index contributed by atoms with van der Waals surface area (Å²) >= 11 is 0. The van der Waals surface area contributed by atoms with Gasteiger partial charge in [0.1, 0.15) is 18.0 Å². The van der Waals surface area contributed by atoms with Gasteiger partial charge in [-0.3, -0.25) is 5.41 Å². The quantitative estimate of drug-likeness (QED) is 0.515. The lowest BCUT2D eigenvalue weighted by atomic mass is 10.0. The van der Waals surface area contributed by atoms with Gasteiger partial charge in [0.2, 0.25) is 0 Å². The van der Waals surface area contributed by atoms with Crippen molar-refractivity contribution in [1.29, 1.82) is 5.41 Å². The highest BCUT2D eigenvalue weighted by atomic mass is 16.5. The molecule has 3 aromatic rings. The molecular formula is C23H25N5O2. The molecule has 1 aromatic heterocycles. The fraction of sp³-hybridized carbons (Fsp3) is 0.261. The van der Waals surface area contributed by atoms with E-state index < -0.39 is 0 Å². The molecule has 0 spiro atoms. The van der Waals surface area contributed by atoms with Gasteiger partial charge in [0.15, 0.2) is 11.5 Å². The molecule has 0 saturated heterocycles. The highest BCUT2D eigenvalue weighted by molar-refractivity contribution is 6.16. The van der Waals surface area contributed by atoms with E-state index in [4.69, 9.17) is 20.6 Å². The standard InChI is InChI=1S/C23H25N5O2/c1-3-30-18-11-9-15(12-19(18)29-2)21(24)20-22(25)26-13-27-23(20)28-17-10-8-14-6-4-5-7-16(14)17/h4-7,9,11-13,17,24H,3,8,10H2,1-2H3,(H3,25,26,27,28). The zero-order valence-electron chi connectivity index (χ0n) is 17.1. The summed E-state index contributed by atoms with van der Waals surface area (Å²) in [5.74, 6) is 2.02. The van der Waals surface area contributed by atoms with E-state index in [9.17, 15) is 0 Å². The number of fused-ring (bicyclic) bond motifs is 1. The molecular weight excluding hydrogens is 378 g/mol. The Balaban J connectivity index is 1.68. The van der Waals surface area contributed by atoms with E-state index in [1.54, 1.807) is 19.2 Å². The molecule has 0 saturated carbocycles. The summed E-state index contributed by atoms with van der Waals surface area (Å²) in [5.41, 5.74) is 10.1. The average molecular weight is 403 g/mol. The van der Waals surface area contributed by atoms with Crippen molar-refractivity contribution < 1.29 is 9.47 Å². The van der Waals surface area contributed by atoms with Gasteiger partial charge >= 0.3 is 0 Å². The lowest BCUT2D eigenvalue weighted by molar-refractivity contribution is 0.311. The van der Waals surface area contributed by atoms with E-state index in [-0.39, 0.29) is 17.6 Å². The summed E-state index contributed by atoms with van der Waals surface area (Å²) in [5, 5.41) is 12.3. The van der Waals surface area contributed by atoms with Gasteiger partial charge in [0.05, 0.1) is 31.0 Å². The van der Waals surface area contributed by atoms with E-state index in [1.165, 1.54) is 17.5 Å². The molecule has 1 unspecified atom stereocenters. The van der Waals surface area contributed by atoms with Crippen molar-refractivity contribution in [2.75, 3.05) is 24.8 Å². The second-order valence-electron chi connectivity index (χ2n) is 7.09. The van der Waals surface area contributed by atoms with Crippen molar-refractivity contribution in [2.45, 2.75) is 25.8 Å². The molecule has 7 nitrogen and oxygen atoms in total. The SMILES string of the molecule is CCOc1ccc(C(=N)c2c(N)ncnc2NC2CCc3ccccc32)cc1OC. The highest BCUT2D eigenvalue weighted by Gasteiger charge is 2.25. The van der Waals surface area contributed by atoms with Gasteiger partial charge in [-0.05, 0) is 49.1 Å². The topological polar surface area (TPSA) is 106 Å². The number of benzene rings is 2. The Labute approximate surface area is 175 Å². The van der Waals surface area contributed by atoms with Crippen molar-refractivity contribution in [1.82, 2.24) is 9.97 Å². The number of ether oxygens (including phenoxy) is 2. The molecule has 0 aliphatic heterocycles. The molecule has 0 bridgehead atoms. The molecule has 1 heterocycles. The van der Waals surface area contributed by atoms with Crippen LogP contribution in [0, 0.1) is 5.41 Å². The molecule has 30 heavy (non-hydrogen) atoms. The van der Waals surface area contributed by atoms with Crippen LogP contribution in [0.2, 0.25) is 0 Å². The summed E-state index contributed by atoms with van der Waals surface area (Å²) in [6.45, 7) is 2.44. The van der Waals surface area contributed by atoms with Gasteiger partial charge in [-0.2, -0.15) is 0 Å². The van der Waals surface area contributed by atoms with Crippen molar-refractivity contribution in [2.24, 2.45) is 0 Å². The monoisotopic (exact) mass is 403 g/mol. The molecule has 1 aliphatic rings. The summed E-state index contributed by atoms with van der Waals surface area (Å²) in [6.07, 6.45) is 3.40. The number of methoxy groups -OCH3 is 1. The first-order valence-corrected chi connectivity index (χ1v) is 9.97. The first kappa shape index (κ1) is 19.7. The minimum Gasteiger partial charge on any atom is -0.493 e. The second-order valence-corrected chi connectivity index (χ2v) is 7.09. The number of rotatable bonds is 7. The lowest BCUT2D eigenvalue weighted by Crippen LogP contribution is -2.16. The van der Waals surface area contributed by atoms with Crippen LogP contribution in [-0.4, -0.2) is 29.4 Å². The summed E-state index contributed by atoms with van der Waals surface area (Å²) in [6, 6.07) is 13.9. The highest BCUT2D eigenvalue weighted by Crippen LogP contribution is 2.35. The lowest BCUT2D eigenvalue weighted by Gasteiger charge is -2.19. The number of nitrogens with two attached hydrogens (primary N) is 1. The van der Waals surface area contributed by atoms with Gasteiger partial charge in [-0.25, -0.2) is 9.97 Å². The Morgan fingerprint density at radius 1 is 1.20 bits per heavy atom. The Morgan fingerprint density at radius 3 is 2.83 bits per heavy atom. The molecule has 1 atom stereocenters. The summed E-state index contributed by atoms with van der Waals surface area (Å²) in [4.78, 5) is 8.54. The zero-order chi connectivity index (χ0) is 21.1. The normalized spacial score (nSPS) is 14.8. The minimum atomic E-state index is 0.122. The van der Waals surface area contributed by atoms with Gasteiger partial charge in [-0.15, -0.1) is 0 Å². The maximum absolute atomic E-state index is 8.82. The Hall–Kier alpha value is -3.61. The van der Waals surface area contributed by atoms with E-state index in [0.717, 1.165) is 12.8 Å². The van der Waals surface area contributed by atoms with Crippen LogP contribution in [0.15, 0.2) is 48.8 Å². The van der Waals surface area contributed by atoms with Crippen molar-refractivity contribution in [3.63, 3.8) is 0 Å². The fourth-order valence-electron chi connectivity index (χ4n) is 3.87. The third-order valence-corrected chi connectivity index (χ3v) is 5.32. The number of nitrogens with zero attached hydrogens (tertiary/aromatic N) is 2. The molecule has 0 radical (unpaired) electrons. The van der Waals surface area contributed by atoms with E-state index in [2.05, 4.69) is 33.5 Å². The van der Waals surface area contributed by atoms with Crippen LogP contribution < -0.4 is 20.5 Å². The van der Waals surface area contributed by atoms with Gasteiger partial charge < -0.3 is 20.5 Å². The first-order valence-electron chi connectivity index (χ1n) is 9.97. The largest absolute Gasteiger partial charge is 0.493 e. The van der Waals surface area contributed by atoms with Crippen LogP contribution in [0.5, 0.6) is 11.5 Å². The van der Waals surface area contributed by atoms with Crippen LogP contribution in [0.1, 0.15) is 41.6 Å². The number of aromatic nitrogens is 2. The number of nitrogens with one attached hydrogen (secondary N) is 2. The molecule has 154 valence electrons. The molecule has 0 amide bonds. The van der Waals surface area contributed by atoms with Gasteiger partial charge in [0.25, 0.3) is 0 Å². The van der Waals surface area contributed by atoms with Crippen molar-refractivity contribution in [3.8, 4) is 11.5 Å². The van der Waals surface area contributed by atoms with E-state index in [1.807, 2.05) is 19.1 Å². The number of aryl methyl sites for hydroxylation is 1. The Morgan fingerprint density at radius 2 is 2.03 bits per heavy atom. The molecule has 7 heteroatoms. The van der Waals surface area contributed by atoms with Crippen LogP contribution in [0.3, 0.4) is 0 Å². The van der Waals surface area contributed by atoms with Gasteiger partial charge in [-0.1, -0.05) is 24.3 Å². The summed E-state index contributed by atoms with van der Waals surface area (Å²) in [7, 11) is 1.58. The maximum atomic E-state index is 8.82. The van der Waals surface area contributed by atoms with Crippen LogP contribution in [-0.2, 0) is 6.42 Å². The Kier molecular flexibility index (Phi) is 5.52. The molecule has 2 aromatic carbocycles. The van der Waals surface area contributed by atoms with Crippen LogP contribution in [0.25, 0.3) is 0 Å². The summed E-state index contributed by atoms with van der Waals surface area (Å²) < 4.78 is 11.0. The van der Waals surface area contributed by atoms with Crippen molar-refractivity contribution >= 4 is 17.3 Å². The average Bonchev–Trinajstić information content (AvgIpc) is 3.17. The predicted octanol–water partition coefficient (Wildman–Crippen LogP) is 3.98. The molecule has 4 N–H and O–H groups in total. The number of nitrogen functional groups attached to an aromatic ring is 1. The smallest absolute Gasteiger partial charge is 0.161 e. The zero-order valence-corrected chi connectivity index (χ0v) is 17.1. The van der Waals surface area contributed by atoms with E-state index >= 15 is 0 Å². The van der Waals surface area contributed by atoms with E-state index in [0.29, 0.717) is 35.1 Å². The third kappa shape index (κ3) is 3.66. The first-order chi connectivity index (χ1) is 14.6. The second kappa shape index (κ2) is 8.41. The predicted molar refractivity (Wildman–Crippen MR) is 118 cm³/mol. The molecule has 4 rings (SSSR count). The third-order valence-electron chi connectivity index (χ3n) is 5.32. The number of anilines is 2. The maximum Gasteiger partial charge on any atom is 0.161 e. The molecule has 0 fully saturated rings. The Bertz CT molecular complexity index is 1080. The fourth-order valence-corrected chi connectivity index (χ4v) is 3.87. The number of hydrogen-bond donors (Lipinski definition) is 3. The minimum absolute atomic E-state index is 0.122. The van der Waals surface area contributed by atoms with Crippen LogP contribution >= 0.6 is 0 Å². The van der Waals surface area contributed by atoms with Gasteiger partial charge in [0, 0.05) is 5.56 Å².